The average Bonchev–Trinajstić information content (AvgIpc) is 2.18. The Morgan fingerprint density at radius 1 is 1.12 bits per heavy atom. The third-order valence-corrected chi connectivity index (χ3v) is 2.85. The molecule has 0 fully saturated rings. The summed E-state index contributed by atoms with van der Waals surface area (Å²) in [6.07, 6.45) is 0.841. The van der Waals surface area contributed by atoms with Gasteiger partial charge in [-0.15, -0.1) is 0 Å². The largest absolute Gasteiger partial charge is 0.465 e. The molecule has 0 amide bonds. The highest BCUT2D eigenvalue weighted by atomic mass is 16.5. The fourth-order valence-electron chi connectivity index (χ4n) is 1.65. The Bertz CT molecular complexity index is 283. The third kappa shape index (κ3) is 3.43. The molecule has 0 aliphatic rings. The molecule has 0 bridgehead atoms. The number of hydrogen-bond acceptors (Lipinski definition) is 4. The van der Waals surface area contributed by atoms with Crippen molar-refractivity contribution in [1.82, 2.24) is 0 Å². The zero-order valence-electron chi connectivity index (χ0n) is 10.5. The summed E-state index contributed by atoms with van der Waals surface area (Å²) in [5.41, 5.74) is -1.14. The lowest BCUT2D eigenvalue weighted by Crippen LogP contribution is -2.39. The first kappa shape index (κ1) is 14.8. The highest BCUT2D eigenvalue weighted by molar-refractivity contribution is 6.03. The van der Waals surface area contributed by atoms with E-state index >= 15 is 0 Å². The molecule has 92 valence electrons. The van der Waals surface area contributed by atoms with Crippen LogP contribution < -0.4 is 0 Å². The number of Topliss-reactive ketones (excluding diaryl/α,β-unsaturated/α-hetero) is 2. The second-order valence-electron chi connectivity index (χ2n) is 3.91. The molecule has 0 saturated carbocycles. The van der Waals surface area contributed by atoms with Crippen molar-refractivity contribution >= 4 is 17.5 Å². The number of esters is 1. The molecule has 0 aromatic rings. The van der Waals surface area contributed by atoms with Crippen molar-refractivity contribution in [2.45, 2.75) is 47.0 Å². The fourth-order valence-corrected chi connectivity index (χ4v) is 1.65. The Morgan fingerprint density at radius 2 is 1.69 bits per heavy atom. The Labute approximate surface area is 96.4 Å². The normalized spacial score (nSPS) is 14.0. The van der Waals surface area contributed by atoms with E-state index in [1.54, 1.807) is 13.8 Å². The molecule has 0 aliphatic heterocycles. The molecule has 0 N–H and O–H groups in total. The van der Waals surface area contributed by atoms with Crippen LogP contribution in [0.25, 0.3) is 0 Å². The lowest BCUT2D eigenvalue weighted by Gasteiger charge is -2.27. The molecule has 0 unspecified atom stereocenters. The predicted octanol–water partition coefficient (Wildman–Crippen LogP) is 1.90. The standard InChI is InChI=1S/C12H20O4/c1-5-12(10(4)14,8-7-9(3)13)11(15)16-6-2/h5-8H2,1-4H3/t12-/m1/s1. The van der Waals surface area contributed by atoms with Crippen LogP contribution in [0.15, 0.2) is 0 Å². The summed E-state index contributed by atoms with van der Waals surface area (Å²) in [6.45, 7) is 6.53. The maximum absolute atomic E-state index is 11.8. The Kier molecular flexibility index (Phi) is 5.93. The topological polar surface area (TPSA) is 60.4 Å². The minimum atomic E-state index is -1.14. The van der Waals surface area contributed by atoms with Gasteiger partial charge in [0.05, 0.1) is 6.61 Å². The monoisotopic (exact) mass is 228 g/mol. The van der Waals surface area contributed by atoms with E-state index in [1.807, 2.05) is 0 Å². The first-order valence-corrected chi connectivity index (χ1v) is 5.58. The van der Waals surface area contributed by atoms with E-state index in [1.165, 1.54) is 13.8 Å². The second kappa shape index (κ2) is 6.40. The minimum absolute atomic E-state index is 0.0247. The smallest absolute Gasteiger partial charge is 0.319 e. The van der Waals surface area contributed by atoms with E-state index in [2.05, 4.69) is 0 Å². The van der Waals surface area contributed by atoms with Crippen molar-refractivity contribution in [3.63, 3.8) is 0 Å². The van der Waals surface area contributed by atoms with Gasteiger partial charge in [-0.2, -0.15) is 0 Å². The van der Waals surface area contributed by atoms with Crippen molar-refractivity contribution in [2.24, 2.45) is 5.41 Å². The predicted molar refractivity (Wildman–Crippen MR) is 60.0 cm³/mol. The number of carbonyl (C=O) groups is 3. The number of rotatable bonds is 7. The third-order valence-electron chi connectivity index (χ3n) is 2.85. The maximum Gasteiger partial charge on any atom is 0.319 e. The van der Waals surface area contributed by atoms with Crippen LogP contribution in [0.4, 0.5) is 0 Å². The molecule has 0 heterocycles. The minimum Gasteiger partial charge on any atom is -0.465 e. The van der Waals surface area contributed by atoms with E-state index in [0.717, 1.165) is 0 Å². The maximum atomic E-state index is 11.8. The van der Waals surface area contributed by atoms with E-state index in [9.17, 15) is 14.4 Å². The van der Waals surface area contributed by atoms with Crippen LogP contribution in [-0.4, -0.2) is 24.1 Å². The number of carbonyl (C=O) groups excluding carboxylic acids is 3. The van der Waals surface area contributed by atoms with E-state index in [4.69, 9.17) is 4.74 Å². The SMILES string of the molecule is CCOC(=O)[C@](CC)(CCC(C)=O)C(C)=O. The molecule has 0 radical (unpaired) electrons. The van der Waals surface area contributed by atoms with Crippen molar-refractivity contribution in [3.05, 3.63) is 0 Å². The zero-order valence-corrected chi connectivity index (χ0v) is 10.5. The van der Waals surface area contributed by atoms with Gasteiger partial charge in [0.2, 0.25) is 0 Å². The van der Waals surface area contributed by atoms with Crippen LogP contribution in [0, 0.1) is 5.41 Å². The molecular weight excluding hydrogens is 208 g/mol. The van der Waals surface area contributed by atoms with Crippen molar-refractivity contribution < 1.29 is 19.1 Å². The van der Waals surface area contributed by atoms with Crippen LogP contribution in [0.2, 0.25) is 0 Å². The summed E-state index contributed by atoms with van der Waals surface area (Å²) < 4.78 is 4.92. The fraction of sp³-hybridized carbons (Fsp3) is 0.750. The van der Waals surface area contributed by atoms with Crippen molar-refractivity contribution in [3.8, 4) is 0 Å². The molecule has 16 heavy (non-hydrogen) atoms. The number of hydrogen-bond donors (Lipinski definition) is 0. The summed E-state index contributed by atoms with van der Waals surface area (Å²) in [5, 5.41) is 0. The Hall–Kier alpha value is -1.19. The molecular formula is C12H20O4. The lowest BCUT2D eigenvalue weighted by atomic mass is 9.77. The quantitative estimate of drug-likeness (QED) is 0.493. The van der Waals surface area contributed by atoms with Gasteiger partial charge in [0.15, 0.2) is 0 Å². The molecule has 0 rings (SSSR count). The van der Waals surface area contributed by atoms with Crippen LogP contribution in [-0.2, 0) is 19.1 Å². The molecule has 0 spiro atoms. The highest BCUT2D eigenvalue weighted by Gasteiger charge is 2.42. The van der Waals surface area contributed by atoms with Gasteiger partial charge in [0.1, 0.15) is 17.0 Å². The lowest BCUT2D eigenvalue weighted by molar-refractivity contribution is -0.160. The van der Waals surface area contributed by atoms with E-state index in [0.29, 0.717) is 6.42 Å². The zero-order chi connectivity index (χ0) is 12.8. The molecule has 1 atom stereocenters. The average molecular weight is 228 g/mol. The van der Waals surface area contributed by atoms with Gasteiger partial charge in [0.25, 0.3) is 0 Å². The summed E-state index contributed by atoms with van der Waals surface area (Å²) in [7, 11) is 0. The van der Waals surface area contributed by atoms with Crippen molar-refractivity contribution in [2.75, 3.05) is 6.61 Å². The summed E-state index contributed by atoms with van der Waals surface area (Å²) >= 11 is 0. The van der Waals surface area contributed by atoms with Gasteiger partial charge < -0.3 is 9.53 Å². The van der Waals surface area contributed by atoms with Crippen LogP contribution in [0.1, 0.15) is 47.0 Å². The Balaban J connectivity index is 4.91. The van der Waals surface area contributed by atoms with E-state index in [-0.39, 0.29) is 31.0 Å². The number of ether oxygens (including phenoxy) is 1. The van der Waals surface area contributed by atoms with Gasteiger partial charge in [-0.3, -0.25) is 9.59 Å². The van der Waals surface area contributed by atoms with Crippen LogP contribution >= 0.6 is 0 Å². The molecule has 0 saturated heterocycles. The van der Waals surface area contributed by atoms with Crippen LogP contribution in [0.5, 0.6) is 0 Å². The summed E-state index contributed by atoms with van der Waals surface area (Å²) in [5.74, 6) is -0.760. The first-order valence-electron chi connectivity index (χ1n) is 5.58. The second-order valence-corrected chi connectivity index (χ2v) is 3.91. The van der Waals surface area contributed by atoms with Crippen LogP contribution in [0.3, 0.4) is 0 Å². The van der Waals surface area contributed by atoms with Gasteiger partial charge in [0, 0.05) is 6.42 Å². The molecule has 0 aromatic heterocycles. The summed E-state index contributed by atoms with van der Waals surface area (Å²) in [6, 6.07) is 0. The summed E-state index contributed by atoms with van der Waals surface area (Å²) in [4.78, 5) is 34.4. The number of ketones is 2. The first-order chi connectivity index (χ1) is 7.40. The van der Waals surface area contributed by atoms with Gasteiger partial charge in [-0.1, -0.05) is 6.92 Å². The van der Waals surface area contributed by atoms with Gasteiger partial charge in [-0.25, -0.2) is 0 Å². The van der Waals surface area contributed by atoms with E-state index < -0.39 is 11.4 Å². The van der Waals surface area contributed by atoms with Gasteiger partial charge >= 0.3 is 5.97 Å². The van der Waals surface area contributed by atoms with Gasteiger partial charge in [-0.05, 0) is 33.6 Å². The molecule has 4 heteroatoms. The van der Waals surface area contributed by atoms with Crippen molar-refractivity contribution in [1.29, 1.82) is 0 Å². The molecule has 0 aliphatic carbocycles. The molecule has 0 aromatic carbocycles. The Morgan fingerprint density at radius 3 is 2.00 bits per heavy atom. The molecule has 4 nitrogen and oxygen atoms in total. The highest BCUT2D eigenvalue weighted by Crippen LogP contribution is 2.31.